The molecule has 1 fully saturated rings. The van der Waals surface area contributed by atoms with E-state index in [2.05, 4.69) is 36.2 Å². The molecule has 1 saturated carbocycles. The van der Waals surface area contributed by atoms with Crippen LogP contribution in [0.25, 0.3) is 0 Å². The van der Waals surface area contributed by atoms with Crippen LogP contribution in [0.4, 0.5) is 5.82 Å². The van der Waals surface area contributed by atoms with Crippen LogP contribution in [0.3, 0.4) is 0 Å². The molecule has 0 radical (unpaired) electrons. The normalized spacial score (nSPS) is 26.0. The highest BCUT2D eigenvalue weighted by Crippen LogP contribution is 2.35. The van der Waals surface area contributed by atoms with Gasteiger partial charge in [-0.05, 0) is 39.8 Å². The summed E-state index contributed by atoms with van der Waals surface area (Å²) in [7, 11) is 4.28. The molecule has 118 valence electrons. The largest absolute Gasteiger partial charge is 0.364 e. The number of rotatable bonds is 5. The maximum atomic E-state index is 12.2. The summed E-state index contributed by atoms with van der Waals surface area (Å²) in [6.45, 7) is 5.74. The van der Waals surface area contributed by atoms with Crippen LogP contribution in [-0.2, 0) is 6.54 Å². The van der Waals surface area contributed by atoms with Crippen molar-refractivity contribution >= 4 is 5.82 Å². The minimum Gasteiger partial charge on any atom is -0.364 e. The van der Waals surface area contributed by atoms with Crippen LogP contribution in [0, 0.1) is 5.92 Å². The Balaban J connectivity index is 2.14. The molecule has 0 saturated heterocycles. The van der Waals surface area contributed by atoms with E-state index in [1.165, 1.54) is 25.7 Å². The number of nitrogens with one attached hydrogen (secondary N) is 1. The Hall–Kier alpha value is -1.36. The number of nitrogens with zero attached hydrogens (tertiary/aromatic N) is 3. The minimum atomic E-state index is -0.0298. The number of aromatic nitrogens is 2. The predicted molar refractivity (Wildman–Crippen MR) is 86.7 cm³/mol. The Labute approximate surface area is 127 Å². The summed E-state index contributed by atoms with van der Waals surface area (Å²) >= 11 is 0. The summed E-state index contributed by atoms with van der Waals surface area (Å²) in [6.07, 6.45) is 8.33. The lowest BCUT2D eigenvalue weighted by molar-refractivity contribution is 0.0881. The average molecular weight is 292 g/mol. The van der Waals surface area contributed by atoms with E-state index >= 15 is 0 Å². The van der Waals surface area contributed by atoms with E-state index < -0.39 is 0 Å². The molecule has 1 aromatic rings. The van der Waals surface area contributed by atoms with Gasteiger partial charge in [-0.3, -0.25) is 4.79 Å². The topological polar surface area (TPSA) is 50.2 Å². The molecule has 1 N–H and O–H groups in total. The van der Waals surface area contributed by atoms with Gasteiger partial charge in [0.1, 0.15) is 0 Å². The zero-order valence-electron chi connectivity index (χ0n) is 13.7. The van der Waals surface area contributed by atoms with E-state index in [1.807, 2.05) is 6.92 Å². The highest BCUT2D eigenvalue weighted by Gasteiger charge is 2.36. The van der Waals surface area contributed by atoms with Crippen molar-refractivity contribution in [3.63, 3.8) is 0 Å². The van der Waals surface area contributed by atoms with E-state index in [9.17, 15) is 4.79 Å². The number of anilines is 1. The maximum Gasteiger partial charge on any atom is 0.293 e. The fraction of sp³-hybridized carbons (Fsp3) is 0.750. The van der Waals surface area contributed by atoms with Gasteiger partial charge in [0.2, 0.25) is 0 Å². The molecule has 0 aliphatic heterocycles. The molecule has 1 aliphatic carbocycles. The van der Waals surface area contributed by atoms with Crippen molar-refractivity contribution in [2.45, 2.75) is 51.6 Å². The van der Waals surface area contributed by atoms with Crippen molar-refractivity contribution in [1.29, 1.82) is 0 Å². The third kappa shape index (κ3) is 3.46. The molecule has 2 atom stereocenters. The number of aryl methyl sites for hydroxylation is 1. The lowest BCUT2D eigenvalue weighted by atomic mass is 9.75. The SMILES string of the molecule is CCn1ccnc(NCC2(N(C)C)CCCC(C)C2)c1=O. The van der Waals surface area contributed by atoms with Gasteiger partial charge >= 0.3 is 0 Å². The Morgan fingerprint density at radius 3 is 2.90 bits per heavy atom. The Morgan fingerprint density at radius 1 is 1.52 bits per heavy atom. The molecule has 21 heavy (non-hydrogen) atoms. The molecule has 0 amide bonds. The molecule has 0 aromatic carbocycles. The van der Waals surface area contributed by atoms with Gasteiger partial charge < -0.3 is 14.8 Å². The number of hydrogen-bond acceptors (Lipinski definition) is 4. The van der Waals surface area contributed by atoms with Gasteiger partial charge in [-0.15, -0.1) is 0 Å². The second-order valence-electron chi connectivity index (χ2n) is 6.54. The first-order valence-electron chi connectivity index (χ1n) is 7.95. The zero-order valence-corrected chi connectivity index (χ0v) is 13.7. The van der Waals surface area contributed by atoms with Crippen LogP contribution in [0.1, 0.15) is 39.5 Å². The Kier molecular flexibility index (Phi) is 5.04. The van der Waals surface area contributed by atoms with Crippen LogP contribution in [0.5, 0.6) is 0 Å². The van der Waals surface area contributed by atoms with Crippen LogP contribution >= 0.6 is 0 Å². The zero-order chi connectivity index (χ0) is 15.5. The van der Waals surface area contributed by atoms with Crippen molar-refractivity contribution < 1.29 is 0 Å². The average Bonchev–Trinajstić information content (AvgIpc) is 2.46. The van der Waals surface area contributed by atoms with Crippen LogP contribution in [0.15, 0.2) is 17.2 Å². The lowest BCUT2D eigenvalue weighted by Gasteiger charge is -2.45. The molecule has 5 nitrogen and oxygen atoms in total. The van der Waals surface area contributed by atoms with Gasteiger partial charge in [0.15, 0.2) is 5.82 Å². The Morgan fingerprint density at radius 2 is 2.29 bits per heavy atom. The summed E-state index contributed by atoms with van der Waals surface area (Å²) in [4.78, 5) is 18.8. The summed E-state index contributed by atoms with van der Waals surface area (Å²) in [5, 5.41) is 3.31. The molecule has 1 aliphatic rings. The standard InChI is InChI=1S/C16H28N4O/c1-5-20-10-9-17-14(15(20)21)18-12-16(19(3)4)8-6-7-13(2)11-16/h9-10,13H,5-8,11-12H2,1-4H3,(H,17,18). The fourth-order valence-corrected chi connectivity index (χ4v) is 3.42. The highest BCUT2D eigenvalue weighted by atomic mass is 16.1. The molecule has 5 heteroatoms. The van der Waals surface area contributed by atoms with Gasteiger partial charge in [0.05, 0.1) is 0 Å². The first-order valence-corrected chi connectivity index (χ1v) is 7.95. The third-order valence-corrected chi connectivity index (χ3v) is 4.86. The molecule has 2 rings (SSSR count). The molecular formula is C16H28N4O. The summed E-state index contributed by atoms with van der Waals surface area (Å²) in [6, 6.07) is 0. The first kappa shape index (κ1) is 16.0. The van der Waals surface area contributed by atoms with Crippen molar-refractivity contribution in [2.24, 2.45) is 5.92 Å². The molecule has 1 aromatic heterocycles. The van der Waals surface area contributed by atoms with E-state index in [-0.39, 0.29) is 11.1 Å². The van der Waals surface area contributed by atoms with Gasteiger partial charge in [0, 0.05) is 31.0 Å². The molecule has 1 heterocycles. The fourth-order valence-electron chi connectivity index (χ4n) is 3.42. The molecule has 2 unspecified atom stereocenters. The second kappa shape index (κ2) is 6.60. The maximum absolute atomic E-state index is 12.2. The van der Waals surface area contributed by atoms with Crippen molar-refractivity contribution in [3.05, 3.63) is 22.7 Å². The quantitative estimate of drug-likeness (QED) is 0.904. The van der Waals surface area contributed by atoms with Crippen molar-refractivity contribution in [1.82, 2.24) is 14.5 Å². The van der Waals surface area contributed by atoms with Crippen molar-refractivity contribution in [3.8, 4) is 0 Å². The van der Waals surface area contributed by atoms with E-state index in [4.69, 9.17) is 0 Å². The van der Waals surface area contributed by atoms with Crippen LogP contribution in [-0.4, -0.2) is 40.6 Å². The van der Waals surface area contributed by atoms with Crippen LogP contribution in [0.2, 0.25) is 0 Å². The van der Waals surface area contributed by atoms with Gasteiger partial charge in [-0.25, -0.2) is 4.98 Å². The Bertz CT molecular complexity index is 525. The van der Waals surface area contributed by atoms with Crippen LogP contribution < -0.4 is 10.9 Å². The monoisotopic (exact) mass is 292 g/mol. The molecule has 0 bridgehead atoms. The third-order valence-electron chi connectivity index (χ3n) is 4.86. The summed E-state index contributed by atoms with van der Waals surface area (Å²) in [5.74, 6) is 1.21. The van der Waals surface area contributed by atoms with Crippen molar-refractivity contribution in [2.75, 3.05) is 26.0 Å². The number of likely N-dealkylation sites (N-methyl/N-ethyl adjacent to an activating group) is 1. The van der Waals surface area contributed by atoms with Gasteiger partial charge in [-0.2, -0.15) is 0 Å². The molecular weight excluding hydrogens is 264 g/mol. The highest BCUT2D eigenvalue weighted by molar-refractivity contribution is 5.31. The molecule has 0 spiro atoms. The summed E-state index contributed by atoms with van der Waals surface area (Å²) in [5.41, 5.74) is 0.0938. The second-order valence-corrected chi connectivity index (χ2v) is 6.54. The first-order chi connectivity index (χ1) is 9.98. The van der Waals surface area contributed by atoms with Gasteiger partial charge in [0.25, 0.3) is 5.56 Å². The number of hydrogen-bond donors (Lipinski definition) is 1. The smallest absolute Gasteiger partial charge is 0.293 e. The van der Waals surface area contributed by atoms with E-state index in [1.54, 1.807) is 17.0 Å². The predicted octanol–water partition coefficient (Wildman–Crippen LogP) is 2.19. The van der Waals surface area contributed by atoms with E-state index in [0.717, 1.165) is 12.5 Å². The van der Waals surface area contributed by atoms with E-state index in [0.29, 0.717) is 12.4 Å². The lowest BCUT2D eigenvalue weighted by Crippen LogP contribution is -2.52. The minimum absolute atomic E-state index is 0.0298. The summed E-state index contributed by atoms with van der Waals surface area (Å²) < 4.78 is 1.68. The van der Waals surface area contributed by atoms with Gasteiger partial charge in [-0.1, -0.05) is 19.8 Å².